The first-order valence-electron chi connectivity index (χ1n) is 6.51. The van der Waals surface area contributed by atoms with Crippen LogP contribution in [0, 0.1) is 12.8 Å². The van der Waals surface area contributed by atoms with Crippen LogP contribution in [-0.4, -0.2) is 15.8 Å². The van der Waals surface area contributed by atoms with Crippen LogP contribution in [0.25, 0.3) is 0 Å². The lowest BCUT2D eigenvalue weighted by atomic mass is 10.00. The van der Waals surface area contributed by atoms with E-state index in [9.17, 15) is 0 Å². The Morgan fingerprint density at radius 1 is 1.47 bits per heavy atom. The van der Waals surface area contributed by atoms with Gasteiger partial charge in [-0.05, 0) is 32.6 Å². The van der Waals surface area contributed by atoms with Gasteiger partial charge >= 0.3 is 0 Å². The Bertz CT molecular complexity index is 380. The average Bonchev–Trinajstić information content (AvgIpc) is 2.88. The van der Waals surface area contributed by atoms with Gasteiger partial charge in [0.1, 0.15) is 0 Å². The number of nitrogens with zero attached hydrogens (tertiary/aromatic N) is 2. The van der Waals surface area contributed by atoms with Gasteiger partial charge in [-0.25, -0.2) is 0 Å². The van der Waals surface area contributed by atoms with E-state index in [4.69, 9.17) is 11.6 Å². The van der Waals surface area contributed by atoms with Crippen molar-refractivity contribution in [1.29, 1.82) is 0 Å². The molecule has 0 unspecified atom stereocenters. The van der Waals surface area contributed by atoms with Crippen molar-refractivity contribution >= 4 is 11.6 Å². The molecule has 1 saturated carbocycles. The standard InChI is InChI=1S/C13H22ClN3/c1-9(11-6-4-5-7-11)15-8-12-13(14)10(2)16-17(12)3/h9,11,15H,4-8H2,1-3H3/t9-/m0/s1. The Hall–Kier alpha value is -0.540. The van der Waals surface area contributed by atoms with E-state index < -0.39 is 0 Å². The number of hydrogen-bond acceptors (Lipinski definition) is 2. The zero-order chi connectivity index (χ0) is 12.4. The molecule has 3 nitrogen and oxygen atoms in total. The highest BCUT2D eigenvalue weighted by Crippen LogP contribution is 2.28. The van der Waals surface area contributed by atoms with Crippen LogP contribution in [-0.2, 0) is 13.6 Å². The first-order valence-corrected chi connectivity index (χ1v) is 6.88. The SMILES string of the molecule is Cc1nn(C)c(CN[C@@H](C)C2CCCC2)c1Cl. The van der Waals surface area contributed by atoms with Crippen LogP contribution in [0.3, 0.4) is 0 Å². The Kier molecular flexibility index (Phi) is 4.10. The average molecular weight is 256 g/mol. The summed E-state index contributed by atoms with van der Waals surface area (Å²) in [7, 11) is 1.95. The van der Waals surface area contributed by atoms with Crippen LogP contribution in [0.15, 0.2) is 0 Å². The van der Waals surface area contributed by atoms with Gasteiger partial charge in [0.25, 0.3) is 0 Å². The van der Waals surface area contributed by atoms with Gasteiger partial charge in [-0.2, -0.15) is 5.10 Å². The van der Waals surface area contributed by atoms with Gasteiger partial charge in [-0.1, -0.05) is 24.4 Å². The maximum atomic E-state index is 6.23. The largest absolute Gasteiger partial charge is 0.308 e. The van der Waals surface area contributed by atoms with Crippen molar-refractivity contribution in [1.82, 2.24) is 15.1 Å². The lowest BCUT2D eigenvalue weighted by Gasteiger charge is -2.20. The molecule has 17 heavy (non-hydrogen) atoms. The number of hydrogen-bond donors (Lipinski definition) is 1. The van der Waals surface area contributed by atoms with Crippen LogP contribution in [0.2, 0.25) is 5.02 Å². The van der Waals surface area contributed by atoms with Crippen molar-refractivity contribution in [3.8, 4) is 0 Å². The normalized spacial score (nSPS) is 18.8. The Morgan fingerprint density at radius 2 is 2.12 bits per heavy atom. The fraction of sp³-hybridized carbons (Fsp3) is 0.769. The first-order chi connectivity index (χ1) is 8.09. The van der Waals surface area contributed by atoms with E-state index in [-0.39, 0.29) is 0 Å². The fourth-order valence-corrected chi connectivity index (χ4v) is 2.98. The second kappa shape index (κ2) is 5.40. The molecule has 1 N–H and O–H groups in total. The van der Waals surface area contributed by atoms with E-state index >= 15 is 0 Å². The lowest BCUT2D eigenvalue weighted by Crippen LogP contribution is -2.32. The highest BCUT2D eigenvalue weighted by Gasteiger charge is 2.21. The van der Waals surface area contributed by atoms with Crippen molar-refractivity contribution in [3.63, 3.8) is 0 Å². The highest BCUT2D eigenvalue weighted by molar-refractivity contribution is 6.31. The van der Waals surface area contributed by atoms with E-state index in [1.807, 2.05) is 18.7 Å². The van der Waals surface area contributed by atoms with Crippen LogP contribution in [0.5, 0.6) is 0 Å². The first kappa shape index (κ1) is 12.9. The number of aryl methyl sites for hydroxylation is 2. The van der Waals surface area contributed by atoms with E-state index in [0.29, 0.717) is 6.04 Å². The second-order valence-electron chi connectivity index (χ2n) is 5.18. The molecule has 1 aromatic heterocycles. The summed E-state index contributed by atoms with van der Waals surface area (Å²) in [6.07, 6.45) is 5.52. The summed E-state index contributed by atoms with van der Waals surface area (Å²) in [5.41, 5.74) is 2.01. The molecule has 2 rings (SSSR count). The number of rotatable bonds is 4. The van der Waals surface area contributed by atoms with Crippen molar-refractivity contribution in [2.24, 2.45) is 13.0 Å². The van der Waals surface area contributed by atoms with Crippen molar-refractivity contribution < 1.29 is 0 Å². The molecule has 1 aliphatic rings. The summed E-state index contributed by atoms with van der Waals surface area (Å²) in [6, 6.07) is 0.573. The number of aromatic nitrogens is 2. The van der Waals surface area contributed by atoms with Gasteiger partial charge in [-0.15, -0.1) is 0 Å². The molecular weight excluding hydrogens is 234 g/mol. The molecule has 1 aromatic rings. The maximum Gasteiger partial charge on any atom is 0.0860 e. The molecule has 0 saturated heterocycles. The highest BCUT2D eigenvalue weighted by atomic mass is 35.5. The fourth-order valence-electron chi connectivity index (χ4n) is 2.75. The maximum absolute atomic E-state index is 6.23. The van der Waals surface area contributed by atoms with E-state index in [1.54, 1.807) is 0 Å². The van der Waals surface area contributed by atoms with Crippen molar-refractivity contribution in [2.45, 2.75) is 52.1 Å². The molecule has 4 heteroatoms. The summed E-state index contributed by atoms with van der Waals surface area (Å²) < 4.78 is 1.88. The molecule has 0 spiro atoms. The number of halogens is 1. The molecule has 1 fully saturated rings. The van der Waals surface area contributed by atoms with Gasteiger partial charge in [0.15, 0.2) is 0 Å². The van der Waals surface area contributed by atoms with Crippen LogP contribution in [0.4, 0.5) is 0 Å². The predicted molar refractivity (Wildman–Crippen MR) is 71.2 cm³/mol. The molecular formula is C13H22ClN3. The minimum absolute atomic E-state index is 0.573. The van der Waals surface area contributed by atoms with Crippen molar-refractivity contribution in [2.75, 3.05) is 0 Å². The smallest absolute Gasteiger partial charge is 0.0860 e. The Morgan fingerprint density at radius 3 is 2.65 bits per heavy atom. The Labute approximate surface area is 109 Å². The zero-order valence-electron chi connectivity index (χ0n) is 11.0. The quantitative estimate of drug-likeness (QED) is 0.896. The van der Waals surface area contributed by atoms with Crippen LogP contribution < -0.4 is 5.32 Å². The third kappa shape index (κ3) is 2.83. The summed E-state index contributed by atoms with van der Waals surface area (Å²) in [6.45, 7) is 5.05. The van der Waals surface area contributed by atoms with Crippen LogP contribution >= 0.6 is 11.6 Å². The van der Waals surface area contributed by atoms with Crippen LogP contribution in [0.1, 0.15) is 44.0 Å². The molecule has 0 amide bonds. The molecule has 0 bridgehead atoms. The zero-order valence-corrected chi connectivity index (χ0v) is 11.7. The molecule has 0 aromatic carbocycles. The van der Waals surface area contributed by atoms with E-state index in [2.05, 4.69) is 17.3 Å². The predicted octanol–water partition coefficient (Wildman–Crippen LogP) is 3.05. The third-order valence-corrected chi connectivity index (χ3v) is 4.45. The third-order valence-electron chi connectivity index (χ3n) is 3.96. The molecule has 1 heterocycles. The lowest BCUT2D eigenvalue weighted by molar-refractivity contribution is 0.376. The summed E-state index contributed by atoms with van der Waals surface area (Å²) in [5, 5.41) is 8.73. The molecule has 1 atom stereocenters. The van der Waals surface area contributed by atoms with Crippen molar-refractivity contribution in [3.05, 3.63) is 16.4 Å². The minimum Gasteiger partial charge on any atom is -0.308 e. The molecule has 1 aliphatic carbocycles. The molecule has 96 valence electrons. The van der Waals surface area contributed by atoms with E-state index in [1.165, 1.54) is 25.7 Å². The molecule has 0 aliphatic heterocycles. The summed E-state index contributed by atoms with van der Waals surface area (Å²) in [4.78, 5) is 0. The van der Waals surface area contributed by atoms with E-state index in [0.717, 1.165) is 28.9 Å². The van der Waals surface area contributed by atoms with Gasteiger partial charge in [0.05, 0.1) is 16.4 Å². The topological polar surface area (TPSA) is 29.9 Å². The van der Waals surface area contributed by atoms with Gasteiger partial charge in [-0.3, -0.25) is 4.68 Å². The van der Waals surface area contributed by atoms with Gasteiger partial charge in [0, 0.05) is 19.6 Å². The summed E-state index contributed by atoms with van der Waals surface area (Å²) in [5.74, 6) is 0.836. The van der Waals surface area contributed by atoms with Gasteiger partial charge < -0.3 is 5.32 Å². The van der Waals surface area contributed by atoms with Gasteiger partial charge in [0.2, 0.25) is 0 Å². The summed E-state index contributed by atoms with van der Waals surface area (Å²) >= 11 is 6.23. The molecule has 0 radical (unpaired) electrons. The second-order valence-corrected chi connectivity index (χ2v) is 5.56. The number of nitrogens with one attached hydrogen (secondary N) is 1. The minimum atomic E-state index is 0.573. The monoisotopic (exact) mass is 255 g/mol. The Balaban J connectivity index is 1.92.